The maximum Gasteiger partial charge on any atom is 0.119 e. The molecular formula is C12H20NO2+. The molecule has 0 aliphatic rings. The molecule has 3 heteroatoms. The van der Waals surface area contributed by atoms with Crippen LogP contribution in [-0.4, -0.2) is 26.9 Å². The van der Waals surface area contributed by atoms with Crippen molar-refractivity contribution in [3.05, 3.63) is 29.8 Å². The van der Waals surface area contributed by atoms with Crippen LogP contribution in [0.2, 0.25) is 0 Å². The highest BCUT2D eigenvalue weighted by Gasteiger charge is 1.96. The third kappa shape index (κ3) is 4.81. The maximum absolute atomic E-state index is 5.37. The third-order valence-electron chi connectivity index (χ3n) is 2.14. The summed E-state index contributed by atoms with van der Waals surface area (Å²) < 4.78 is 10.4. The number of rotatable bonds is 7. The first-order valence-electron chi connectivity index (χ1n) is 5.39. The van der Waals surface area contributed by atoms with E-state index in [9.17, 15) is 0 Å². The molecule has 1 aromatic rings. The van der Waals surface area contributed by atoms with Gasteiger partial charge in [-0.2, -0.15) is 0 Å². The summed E-state index contributed by atoms with van der Waals surface area (Å²) in [6.45, 7) is 5.52. The van der Waals surface area contributed by atoms with Crippen LogP contribution in [0.5, 0.6) is 5.75 Å². The quantitative estimate of drug-likeness (QED) is 0.675. The summed E-state index contributed by atoms with van der Waals surface area (Å²) in [6.07, 6.45) is 0. The zero-order chi connectivity index (χ0) is 10.9. The molecule has 0 aromatic heterocycles. The first-order valence-corrected chi connectivity index (χ1v) is 5.39. The number of benzene rings is 1. The van der Waals surface area contributed by atoms with Crippen molar-refractivity contribution in [3.8, 4) is 5.75 Å². The average Bonchev–Trinajstić information content (AvgIpc) is 2.27. The molecular weight excluding hydrogens is 190 g/mol. The van der Waals surface area contributed by atoms with Crippen molar-refractivity contribution < 1.29 is 14.8 Å². The van der Waals surface area contributed by atoms with Crippen molar-refractivity contribution in [3.63, 3.8) is 0 Å². The van der Waals surface area contributed by atoms with Gasteiger partial charge in [-0.25, -0.2) is 0 Å². The van der Waals surface area contributed by atoms with Crippen LogP contribution in [0.3, 0.4) is 0 Å². The van der Waals surface area contributed by atoms with Gasteiger partial charge in [0.2, 0.25) is 0 Å². The summed E-state index contributed by atoms with van der Waals surface area (Å²) in [5.74, 6) is 0.943. The Morgan fingerprint density at radius 1 is 1.20 bits per heavy atom. The molecule has 0 bridgehead atoms. The summed E-state index contributed by atoms with van der Waals surface area (Å²) in [7, 11) is 1.73. The van der Waals surface area contributed by atoms with E-state index in [0.717, 1.165) is 32.1 Å². The van der Waals surface area contributed by atoms with Gasteiger partial charge in [0.25, 0.3) is 0 Å². The molecule has 15 heavy (non-hydrogen) atoms. The number of methoxy groups -OCH3 is 1. The molecule has 0 heterocycles. The van der Waals surface area contributed by atoms with E-state index in [-0.39, 0.29) is 0 Å². The fourth-order valence-electron chi connectivity index (χ4n) is 1.36. The molecule has 0 saturated heterocycles. The van der Waals surface area contributed by atoms with Crippen molar-refractivity contribution in [2.24, 2.45) is 0 Å². The second-order valence-electron chi connectivity index (χ2n) is 3.35. The van der Waals surface area contributed by atoms with E-state index in [1.54, 1.807) is 7.11 Å². The van der Waals surface area contributed by atoms with E-state index in [4.69, 9.17) is 9.47 Å². The summed E-state index contributed by atoms with van der Waals surface area (Å²) in [6, 6.07) is 8.24. The first-order chi connectivity index (χ1) is 7.36. The molecule has 0 fully saturated rings. The van der Waals surface area contributed by atoms with E-state index in [0.29, 0.717) is 0 Å². The molecule has 0 amide bonds. The van der Waals surface area contributed by atoms with Gasteiger partial charge in [-0.15, -0.1) is 0 Å². The molecule has 1 rings (SSSR count). The zero-order valence-corrected chi connectivity index (χ0v) is 9.53. The fourth-order valence-corrected chi connectivity index (χ4v) is 1.36. The maximum atomic E-state index is 5.37. The number of nitrogens with two attached hydrogens (primary N) is 1. The molecule has 3 nitrogen and oxygen atoms in total. The standard InChI is InChI=1S/C12H19NO2/c1-3-15-12-6-4-11(5-7-12)10-13-8-9-14-2/h4-7,13H,3,8-10H2,1-2H3/p+1. The van der Waals surface area contributed by atoms with Crippen molar-refractivity contribution in [1.82, 2.24) is 0 Å². The Balaban J connectivity index is 2.29. The van der Waals surface area contributed by atoms with Gasteiger partial charge >= 0.3 is 0 Å². The van der Waals surface area contributed by atoms with Gasteiger partial charge in [-0.05, 0) is 31.2 Å². The zero-order valence-electron chi connectivity index (χ0n) is 9.53. The Hall–Kier alpha value is -1.06. The third-order valence-corrected chi connectivity index (χ3v) is 2.14. The van der Waals surface area contributed by atoms with Crippen molar-refractivity contribution in [1.29, 1.82) is 0 Å². The van der Waals surface area contributed by atoms with Gasteiger partial charge in [0.05, 0.1) is 19.8 Å². The molecule has 1 aromatic carbocycles. The Morgan fingerprint density at radius 3 is 2.53 bits per heavy atom. The Labute approximate surface area is 91.4 Å². The van der Waals surface area contributed by atoms with Crippen molar-refractivity contribution in [2.45, 2.75) is 13.5 Å². The highest BCUT2D eigenvalue weighted by atomic mass is 16.5. The lowest BCUT2D eigenvalue weighted by molar-refractivity contribution is -0.671. The minimum absolute atomic E-state index is 0.722. The fraction of sp³-hybridized carbons (Fsp3) is 0.500. The smallest absolute Gasteiger partial charge is 0.119 e. The van der Waals surface area contributed by atoms with Crippen LogP contribution in [0.25, 0.3) is 0 Å². The van der Waals surface area contributed by atoms with E-state index >= 15 is 0 Å². The predicted octanol–water partition coefficient (Wildman–Crippen LogP) is 0.795. The summed E-state index contributed by atoms with van der Waals surface area (Å²) in [5, 5.41) is 2.24. The lowest BCUT2D eigenvalue weighted by atomic mass is 10.2. The molecule has 0 saturated carbocycles. The van der Waals surface area contributed by atoms with E-state index in [1.807, 2.05) is 19.1 Å². The number of ether oxygens (including phenoxy) is 2. The largest absolute Gasteiger partial charge is 0.494 e. The van der Waals surface area contributed by atoms with E-state index < -0.39 is 0 Å². The van der Waals surface area contributed by atoms with Crippen LogP contribution < -0.4 is 10.1 Å². The van der Waals surface area contributed by atoms with Crippen LogP contribution in [0.1, 0.15) is 12.5 Å². The summed E-state index contributed by atoms with van der Waals surface area (Å²) >= 11 is 0. The van der Waals surface area contributed by atoms with Crippen LogP contribution in [0.4, 0.5) is 0 Å². The number of quaternary nitrogens is 1. The van der Waals surface area contributed by atoms with E-state index in [1.165, 1.54) is 5.56 Å². The second kappa shape index (κ2) is 7.26. The molecule has 0 atom stereocenters. The first kappa shape index (κ1) is 12.0. The monoisotopic (exact) mass is 210 g/mol. The van der Waals surface area contributed by atoms with Gasteiger partial charge in [-0.1, -0.05) is 0 Å². The van der Waals surface area contributed by atoms with Crippen LogP contribution >= 0.6 is 0 Å². The second-order valence-corrected chi connectivity index (χ2v) is 3.35. The Morgan fingerprint density at radius 2 is 1.93 bits per heavy atom. The molecule has 0 aliphatic heterocycles. The van der Waals surface area contributed by atoms with Gasteiger partial charge in [0.1, 0.15) is 12.3 Å². The van der Waals surface area contributed by atoms with Gasteiger partial charge in [0, 0.05) is 12.7 Å². The highest BCUT2D eigenvalue weighted by molar-refractivity contribution is 5.26. The Bertz CT molecular complexity index is 259. The van der Waals surface area contributed by atoms with Crippen molar-refractivity contribution in [2.75, 3.05) is 26.9 Å². The number of hydrogen-bond acceptors (Lipinski definition) is 2. The topological polar surface area (TPSA) is 35.1 Å². The molecule has 0 unspecified atom stereocenters. The highest BCUT2D eigenvalue weighted by Crippen LogP contribution is 2.10. The summed E-state index contributed by atoms with van der Waals surface area (Å²) in [5.41, 5.74) is 1.31. The molecule has 0 radical (unpaired) electrons. The van der Waals surface area contributed by atoms with Crippen LogP contribution in [-0.2, 0) is 11.3 Å². The van der Waals surface area contributed by atoms with E-state index in [2.05, 4.69) is 17.4 Å². The van der Waals surface area contributed by atoms with Crippen molar-refractivity contribution >= 4 is 0 Å². The predicted molar refractivity (Wildman–Crippen MR) is 60.0 cm³/mol. The minimum Gasteiger partial charge on any atom is -0.494 e. The normalized spacial score (nSPS) is 10.3. The summed E-state index contributed by atoms with van der Waals surface area (Å²) in [4.78, 5) is 0. The lowest BCUT2D eigenvalue weighted by Gasteiger charge is -2.04. The van der Waals surface area contributed by atoms with Gasteiger partial charge in [0.15, 0.2) is 0 Å². The average molecular weight is 210 g/mol. The van der Waals surface area contributed by atoms with Gasteiger partial charge < -0.3 is 14.8 Å². The molecule has 0 aliphatic carbocycles. The number of hydrogen-bond donors (Lipinski definition) is 1. The SMILES string of the molecule is CCOc1ccc(C[NH2+]CCOC)cc1. The molecule has 2 N–H and O–H groups in total. The molecule has 84 valence electrons. The lowest BCUT2D eigenvalue weighted by Crippen LogP contribution is -2.83. The van der Waals surface area contributed by atoms with Crippen LogP contribution in [0.15, 0.2) is 24.3 Å². The minimum atomic E-state index is 0.722. The Kier molecular flexibility index (Phi) is 5.81. The van der Waals surface area contributed by atoms with Gasteiger partial charge in [-0.3, -0.25) is 0 Å². The molecule has 0 spiro atoms. The van der Waals surface area contributed by atoms with Crippen LogP contribution in [0, 0.1) is 0 Å².